The smallest absolute Gasteiger partial charge is 0.256 e. The molecule has 0 aliphatic carbocycles. The number of aromatic amines is 1. The Bertz CT molecular complexity index is 756. The van der Waals surface area contributed by atoms with Gasteiger partial charge >= 0.3 is 0 Å². The minimum absolute atomic E-state index is 0.00303. The van der Waals surface area contributed by atoms with E-state index in [0.717, 1.165) is 6.07 Å². The van der Waals surface area contributed by atoms with Crippen molar-refractivity contribution in [2.24, 2.45) is 0 Å². The van der Waals surface area contributed by atoms with Gasteiger partial charge in [0.1, 0.15) is 18.5 Å². The Morgan fingerprint density at radius 1 is 1.36 bits per heavy atom. The van der Waals surface area contributed by atoms with Crippen LogP contribution >= 0.6 is 0 Å². The number of benzene rings is 1. The van der Waals surface area contributed by atoms with E-state index >= 15 is 0 Å². The van der Waals surface area contributed by atoms with Gasteiger partial charge in [0.15, 0.2) is 11.5 Å². The molecule has 2 heterocycles. The summed E-state index contributed by atoms with van der Waals surface area (Å²) in [6, 6.07) is 8.23. The van der Waals surface area contributed by atoms with Crippen molar-refractivity contribution in [3.05, 3.63) is 52.4 Å². The Morgan fingerprint density at radius 2 is 2.14 bits per heavy atom. The van der Waals surface area contributed by atoms with Gasteiger partial charge in [0.2, 0.25) is 0 Å². The molecule has 0 radical (unpaired) electrons. The van der Waals surface area contributed by atoms with Crippen LogP contribution < -0.4 is 20.3 Å². The average Bonchev–Trinajstić information content (AvgIpc) is 2.52. The number of pyridine rings is 1. The van der Waals surface area contributed by atoms with E-state index in [0.29, 0.717) is 18.1 Å². The van der Waals surface area contributed by atoms with Gasteiger partial charge in [-0.15, -0.1) is 0 Å². The zero-order valence-electron chi connectivity index (χ0n) is 11.5. The van der Waals surface area contributed by atoms with E-state index in [1.54, 1.807) is 6.07 Å². The third kappa shape index (κ3) is 2.88. The highest BCUT2D eigenvalue weighted by Crippen LogP contribution is 2.30. The third-order valence-corrected chi connectivity index (χ3v) is 3.20. The summed E-state index contributed by atoms with van der Waals surface area (Å²) in [6.07, 6.45) is 0.837. The number of carbonyl (C=O) groups excluding carboxylic acids is 1. The van der Waals surface area contributed by atoms with Crippen LogP contribution in [0, 0.1) is 0 Å². The molecule has 0 spiro atoms. The largest absolute Gasteiger partial charge is 0.507 e. The average molecular weight is 302 g/mol. The molecule has 1 amide bonds. The monoisotopic (exact) mass is 302 g/mol. The lowest BCUT2D eigenvalue weighted by atomic mass is 10.2. The predicted octanol–water partition coefficient (Wildman–Crippen LogP) is 0.650. The summed E-state index contributed by atoms with van der Waals surface area (Å²) >= 11 is 0. The minimum atomic E-state index is -0.504. The number of aromatic nitrogens is 1. The molecule has 7 heteroatoms. The fourth-order valence-electron chi connectivity index (χ4n) is 2.11. The van der Waals surface area contributed by atoms with Crippen LogP contribution in [-0.4, -0.2) is 35.3 Å². The molecule has 1 aliphatic heterocycles. The Morgan fingerprint density at radius 3 is 2.91 bits per heavy atom. The normalized spacial score (nSPS) is 16.1. The predicted molar refractivity (Wildman–Crippen MR) is 77.4 cm³/mol. The number of nitrogens with one attached hydrogen (secondary N) is 2. The maximum atomic E-state index is 12.0. The van der Waals surface area contributed by atoms with E-state index in [9.17, 15) is 14.7 Å². The number of hydrogen-bond acceptors (Lipinski definition) is 5. The molecule has 22 heavy (non-hydrogen) atoms. The molecule has 3 rings (SSSR count). The van der Waals surface area contributed by atoms with Gasteiger partial charge in [0, 0.05) is 12.3 Å². The topological polar surface area (TPSA) is 101 Å². The summed E-state index contributed by atoms with van der Waals surface area (Å²) < 4.78 is 11.2. The van der Waals surface area contributed by atoms with Crippen LogP contribution in [0.3, 0.4) is 0 Å². The lowest BCUT2D eigenvalue weighted by Crippen LogP contribution is -2.40. The second kappa shape index (κ2) is 5.80. The van der Waals surface area contributed by atoms with Crippen molar-refractivity contribution in [3.63, 3.8) is 0 Å². The van der Waals surface area contributed by atoms with Crippen LogP contribution in [0.1, 0.15) is 10.4 Å². The number of carbonyl (C=O) groups is 1. The number of H-pyrrole nitrogens is 1. The number of aromatic hydroxyl groups is 1. The summed E-state index contributed by atoms with van der Waals surface area (Å²) in [4.78, 5) is 25.3. The molecule has 2 aromatic rings. The van der Waals surface area contributed by atoms with Gasteiger partial charge in [0.05, 0.1) is 12.1 Å². The summed E-state index contributed by atoms with van der Waals surface area (Å²) in [5.41, 5.74) is -0.480. The van der Waals surface area contributed by atoms with Crippen LogP contribution in [-0.2, 0) is 0 Å². The van der Waals surface area contributed by atoms with Gasteiger partial charge in [-0.1, -0.05) is 12.1 Å². The molecule has 1 atom stereocenters. The molecule has 0 saturated carbocycles. The third-order valence-electron chi connectivity index (χ3n) is 3.20. The van der Waals surface area contributed by atoms with Crippen molar-refractivity contribution in [1.82, 2.24) is 10.3 Å². The van der Waals surface area contributed by atoms with Gasteiger partial charge in [-0.05, 0) is 12.1 Å². The van der Waals surface area contributed by atoms with E-state index in [4.69, 9.17) is 9.47 Å². The minimum Gasteiger partial charge on any atom is -0.507 e. The molecule has 114 valence electrons. The molecule has 1 aromatic carbocycles. The van der Waals surface area contributed by atoms with Crippen molar-refractivity contribution < 1.29 is 19.4 Å². The van der Waals surface area contributed by atoms with Crippen molar-refractivity contribution >= 4 is 5.91 Å². The number of ether oxygens (including phenoxy) is 2. The number of rotatable bonds is 3. The zero-order chi connectivity index (χ0) is 15.5. The number of amides is 1. The fraction of sp³-hybridized carbons (Fsp3) is 0.200. The van der Waals surface area contributed by atoms with Gasteiger partial charge in [-0.3, -0.25) is 9.59 Å². The molecular weight excluding hydrogens is 288 g/mol. The van der Waals surface area contributed by atoms with Gasteiger partial charge in [-0.2, -0.15) is 0 Å². The van der Waals surface area contributed by atoms with Gasteiger partial charge in [0.25, 0.3) is 11.5 Å². The van der Waals surface area contributed by atoms with Gasteiger partial charge < -0.3 is 24.9 Å². The van der Waals surface area contributed by atoms with Crippen LogP contribution in [0.15, 0.2) is 41.3 Å². The van der Waals surface area contributed by atoms with Gasteiger partial charge in [-0.25, -0.2) is 0 Å². The first kappa shape index (κ1) is 14.0. The molecule has 1 unspecified atom stereocenters. The van der Waals surface area contributed by atoms with Crippen LogP contribution in [0.25, 0.3) is 0 Å². The number of para-hydroxylation sites is 2. The Hall–Kier alpha value is -2.96. The molecule has 0 fully saturated rings. The van der Waals surface area contributed by atoms with Crippen LogP contribution in [0.2, 0.25) is 0 Å². The van der Waals surface area contributed by atoms with Crippen molar-refractivity contribution in [3.8, 4) is 17.2 Å². The molecule has 1 aromatic heterocycles. The number of hydrogen-bond donors (Lipinski definition) is 3. The Balaban J connectivity index is 1.61. The van der Waals surface area contributed by atoms with Crippen molar-refractivity contribution in [1.29, 1.82) is 0 Å². The second-order valence-corrected chi connectivity index (χ2v) is 4.80. The molecule has 0 bridgehead atoms. The zero-order valence-corrected chi connectivity index (χ0v) is 11.5. The first-order valence-corrected chi connectivity index (χ1v) is 6.72. The molecule has 0 saturated heterocycles. The van der Waals surface area contributed by atoms with E-state index in [-0.39, 0.29) is 24.0 Å². The lowest BCUT2D eigenvalue weighted by Gasteiger charge is -2.26. The maximum Gasteiger partial charge on any atom is 0.256 e. The molecular formula is C15H14N2O5. The highest BCUT2D eigenvalue weighted by atomic mass is 16.6. The second-order valence-electron chi connectivity index (χ2n) is 4.80. The summed E-state index contributed by atoms with van der Waals surface area (Å²) in [5.74, 6) is 0.423. The molecule has 3 N–H and O–H groups in total. The molecule has 1 aliphatic rings. The van der Waals surface area contributed by atoms with E-state index in [2.05, 4.69) is 10.3 Å². The van der Waals surface area contributed by atoms with E-state index in [1.807, 2.05) is 18.2 Å². The summed E-state index contributed by atoms with van der Waals surface area (Å²) in [7, 11) is 0. The lowest BCUT2D eigenvalue weighted by molar-refractivity contribution is 0.0787. The van der Waals surface area contributed by atoms with Crippen LogP contribution in [0.5, 0.6) is 17.2 Å². The quantitative estimate of drug-likeness (QED) is 0.773. The SMILES string of the molecule is O=C(NCC1COc2ccccc2O1)c1c[nH]c(=O)cc1O. The van der Waals surface area contributed by atoms with Crippen LogP contribution in [0.4, 0.5) is 0 Å². The van der Waals surface area contributed by atoms with E-state index in [1.165, 1.54) is 6.20 Å². The number of fused-ring (bicyclic) bond motifs is 1. The summed E-state index contributed by atoms with van der Waals surface area (Å²) in [6.45, 7) is 0.528. The molecule has 7 nitrogen and oxygen atoms in total. The van der Waals surface area contributed by atoms with Crippen molar-refractivity contribution in [2.75, 3.05) is 13.2 Å². The highest BCUT2D eigenvalue weighted by Gasteiger charge is 2.21. The first-order chi connectivity index (χ1) is 10.6. The highest BCUT2D eigenvalue weighted by molar-refractivity contribution is 5.96. The summed E-state index contributed by atoms with van der Waals surface area (Å²) in [5, 5.41) is 12.2. The fourth-order valence-corrected chi connectivity index (χ4v) is 2.11. The van der Waals surface area contributed by atoms with E-state index < -0.39 is 11.5 Å². The van der Waals surface area contributed by atoms with Crippen molar-refractivity contribution in [2.45, 2.75) is 6.10 Å². The first-order valence-electron chi connectivity index (χ1n) is 6.72. The Kier molecular flexibility index (Phi) is 3.69. The standard InChI is InChI=1S/C15H14N2O5/c18-11-5-14(19)16-7-10(11)15(20)17-6-9-8-21-12-3-1-2-4-13(12)22-9/h1-5,7,9H,6,8H2,(H,17,20)(H2,16,18,19). The maximum absolute atomic E-state index is 12.0. The Labute approximate surface area is 125 Å².